The van der Waals surface area contributed by atoms with E-state index in [1.54, 1.807) is 24.9 Å². The third kappa shape index (κ3) is 4.57. The number of benzene rings is 1. The van der Waals surface area contributed by atoms with Crippen LogP contribution in [0.5, 0.6) is 0 Å². The van der Waals surface area contributed by atoms with Gasteiger partial charge in [-0.3, -0.25) is 0 Å². The third-order valence-electron chi connectivity index (χ3n) is 2.23. The van der Waals surface area contributed by atoms with Crippen LogP contribution in [0, 0.1) is 0 Å². The molecule has 0 aliphatic carbocycles. The number of ether oxygens (including phenoxy) is 1. The lowest BCUT2D eigenvalue weighted by Crippen LogP contribution is -2.32. The monoisotopic (exact) mass is 240 g/mol. The lowest BCUT2D eigenvalue weighted by atomic mass is 9.77. The Labute approximate surface area is 101 Å². The Kier molecular flexibility index (Phi) is 6.56. The van der Waals surface area contributed by atoms with Crippen LogP contribution in [0.15, 0.2) is 24.3 Å². The number of thioether (sulfide) groups is 1. The SMILES string of the molecule is COCCCSCc1ccccc1B(O)O. The molecule has 0 bridgehead atoms. The molecule has 2 N–H and O–H groups in total. The van der Waals surface area contributed by atoms with Gasteiger partial charge in [-0.05, 0) is 23.2 Å². The molecule has 0 spiro atoms. The van der Waals surface area contributed by atoms with Gasteiger partial charge in [-0.2, -0.15) is 11.8 Å². The molecule has 3 nitrogen and oxygen atoms in total. The average molecular weight is 240 g/mol. The van der Waals surface area contributed by atoms with Gasteiger partial charge in [-0.15, -0.1) is 0 Å². The van der Waals surface area contributed by atoms with Crippen LogP contribution >= 0.6 is 11.8 Å². The first kappa shape index (κ1) is 13.6. The standard InChI is InChI=1S/C11H17BO3S/c1-15-7-4-8-16-9-10-5-2-3-6-11(10)12(13)14/h2-3,5-6,13-14H,4,7-9H2,1H3. The van der Waals surface area contributed by atoms with Gasteiger partial charge in [0, 0.05) is 19.5 Å². The predicted molar refractivity (Wildman–Crippen MR) is 68.9 cm³/mol. The summed E-state index contributed by atoms with van der Waals surface area (Å²) in [5.41, 5.74) is 1.58. The van der Waals surface area contributed by atoms with Crippen LogP contribution in [-0.4, -0.2) is 36.6 Å². The van der Waals surface area contributed by atoms with Gasteiger partial charge in [-0.1, -0.05) is 24.3 Å². The zero-order valence-electron chi connectivity index (χ0n) is 9.43. The first-order valence-corrected chi connectivity index (χ1v) is 6.41. The molecule has 0 aliphatic heterocycles. The molecule has 0 amide bonds. The van der Waals surface area contributed by atoms with Gasteiger partial charge in [0.2, 0.25) is 0 Å². The first-order valence-electron chi connectivity index (χ1n) is 5.26. The van der Waals surface area contributed by atoms with Crippen LogP contribution in [0.4, 0.5) is 0 Å². The second-order valence-electron chi connectivity index (χ2n) is 3.47. The molecule has 1 aromatic carbocycles. The second-order valence-corrected chi connectivity index (χ2v) is 4.58. The highest BCUT2D eigenvalue weighted by Crippen LogP contribution is 2.11. The van der Waals surface area contributed by atoms with Gasteiger partial charge in [-0.25, -0.2) is 0 Å². The molecule has 0 aromatic heterocycles. The highest BCUT2D eigenvalue weighted by Gasteiger charge is 2.14. The zero-order chi connectivity index (χ0) is 11.8. The molecule has 5 heteroatoms. The molecule has 1 aromatic rings. The second kappa shape index (κ2) is 7.73. The summed E-state index contributed by atoms with van der Waals surface area (Å²) in [5.74, 6) is 1.82. The van der Waals surface area contributed by atoms with E-state index < -0.39 is 7.12 Å². The van der Waals surface area contributed by atoms with E-state index in [0.717, 1.165) is 30.1 Å². The zero-order valence-corrected chi connectivity index (χ0v) is 10.2. The van der Waals surface area contributed by atoms with E-state index in [9.17, 15) is 10.0 Å². The van der Waals surface area contributed by atoms with Crippen LogP contribution in [0.25, 0.3) is 0 Å². The third-order valence-corrected chi connectivity index (χ3v) is 3.32. The van der Waals surface area contributed by atoms with Gasteiger partial charge >= 0.3 is 7.12 Å². The van der Waals surface area contributed by atoms with Crippen LogP contribution < -0.4 is 5.46 Å². The number of hydrogen-bond donors (Lipinski definition) is 2. The largest absolute Gasteiger partial charge is 0.488 e. The molecule has 1 rings (SSSR count). The minimum atomic E-state index is -1.38. The molecule has 0 unspecified atom stereocenters. The Morgan fingerprint density at radius 2 is 2.06 bits per heavy atom. The summed E-state index contributed by atoms with van der Waals surface area (Å²) in [5, 5.41) is 18.3. The summed E-state index contributed by atoms with van der Waals surface area (Å²) in [4.78, 5) is 0. The van der Waals surface area contributed by atoms with Crippen LogP contribution in [-0.2, 0) is 10.5 Å². The number of rotatable bonds is 7. The van der Waals surface area contributed by atoms with Crippen molar-refractivity contribution in [2.45, 2.75) is 12.2 Å². The Morgan fingerprint density at radius 3 is 2.75 bits per heavy atom. The van der Waals surface area contributed by atoms with Crippen molar-refractivity contribution in [3.8, 4) is 0 Å². The Bertz CT molecular complexity index is 307. The van der Waals surface area contributed by atoms with E-state index in [4.69, 9.17) is 4.74 Å². The molecule has 0 atom stereocenters. The molecule has 0 aliphatic rings. The van der Waals surface area contributed by atoms with Crippen molar-refractivity contribution >= 4 is 24.3 Å². The van der Waals surface area contributed by atoms with Crippen molar-refractivity contribution < 1.29 is 14.8 Å². The van der Waals surface area contributed by atoms with Gasteiger partial charge in [0.15, 0.2) is 0 Å². The molecule has 0 fully saturated rings. The summed E-state index contributed by atoms with van der Waals surface area (Å²) in [6.45, 7) is 0.775. The summed E-state index contributed by atoms with van der Waals surface area (Å²) in [7, 11) is 0.318. The Balaban J connectivity index is 2.41. The van der Waals surface area contributed by atoms with Crippen molar-refractivity contribution in [3.05, 3.63) is 29.8 Å². The van der Waals surface area contributed by atoms with Gasteiger partial charge in [0.25, 0.3) is 0 Å². The van der Waals surface area contributed by atoms with E-state index in [-0.39, 0.29) is 0 Å². The van der Waals surface area contributed by atoms with E-state index >= 15 is 0 Å². The highest BCUT2D eigenvalue weighted by atomic mass is 32.2. The van der Waals surface area contributed by atoms with Crippen molar-refractivity contribution in [1.29, 1.82) is 0 Å². The quantitative estimate of drug-likeness (QED) is 0.542. The minimum absolute atomic E-state index is 0.599. The van der Waals surface area contributed by atoms with Crippen molar-refractivity contribution in [1.82, 2.24) is 0 Å². The minimum Gasteiger partial charge on any atom is -0.423 e. The van der Waals surface area contributed by atoms with Gasteiger partial charge in [0.1, 0.15) is 0 Å². The van der Waals surface area contributed by atoms with Crippen LogP contribution in [0.3, 0.4) is 0 Å². The maximum absolute atomic E-state index is 9.17. The molecule has 0 saturated heterocycles. The number of hydrogen-bond acceptors (Lipinski definition) is 4. The van der Waals surface area contributed by atoms with Crippen LogP contribution in [0.1, 0.15) is 12.0 Å². The summed E-state index contributed by atoms with van der Waals surface area (Å²) >= 11 is 1.78. The summed E-state index contributed by atoms with van der Waals surface area (Å²) in [6, 6.07) is 7.40. The van der Waals surface area contributed by atoms with Crippen molar-refractivity contribution in [2.24, 2.45) is 0 Å². The molecular formula is C11H17BO3S. The van der Waals surface area contributed by atoms with E-state index in [1.807, 2.05) is 18.2 Å². The summed E-state index contributed by atoms with van der Waals surface area (Å²) in [6.07, 6.45) is 1.02. The van der Waals surface area contributed by atoms with Crippen LogP contribution in [0.2, 0.25) is 0 Å². The fraction of sp³-hybridized carbons (Fsp3) is 0.455. The van der Waals surface area contributed by atoms with E-state index in [0.29, 0.717) is 5.46 Å². The average Bonchev–Trinajstić information content (AvgIpc) is 2.29. The van der Waals surface area contributed by atoms with Gasteiger partial charge < -0.3 is 14.8 Å². The summed E-state index contributed by atoms with van der Waals surface area (Å²) < 4.78 is 4.96. The molecular weight excluding hydrogens is 223 g/mol. The molecule has 16 heavy (non-hydrogen) atoms. The van der Waals surface area contributed by atoms with Crippen molar-refractivity contribution in [3.63, 3.8) is 0 Å². The fourth-order valence-electron chi connectivity index (χ4n) is 1.40. The lowest BCUT2D eigenvalue weighted by Gasteiger charge is -2.08. The lowest BCUT2D eigenvalue weighted by molar-refractivity contribution is 0.200. The molecule has 0 heterocycles. The van der Waals surface area contributed by atoms with E-state index in [1.165, 1.54) is 0 Å². The Hall–Kier alpha value is -0.485. The maximum atomic E-state index is 9.17. The molecule has 0 radical (unpaired) electrons. The molecule has 0 saturated carbocycles. The highest BCUT2D eigenvalue weighted by molar-refractivity contribution is 7.98. The van der Waals surface area contributed by atoms with Crippen molar-refractivity contribution in [2.75, 3.05) is 19.5 Å². The molecule has 88 valence electrons. The topological polar surface area (TPSA) is 49.7 Å². The van der Waals surface area contributed by atoms with Gasteiger partial charge in [0.05, 0.1) is 0 Å². The fourth-order valence-corrected chi connectivity index (χ4v) is 2.35. The maximum Gasteiger partial charge on any atom is 0.488 e. The predicted octanol–water partition coefficient (Wildman–Crippen LogP) is 0.636. The van der Waals surface area contributed by atoms with E-state index in [2.05, 4.69) is 0 Å². The Morgan fingerprint density at radius 1 is 1.31 bits per heavy atom. The smallest absolute Gasteiger partial charge is 0.423 e. The normalized spacial score (nSPS) is 10.4. The number of methoxy groups -OCH3 is 1. The first-order chi connectivity index (χ1) is 7.75.